The van der Waals surface area contributed by atoms with Gasteiger partial charge in [0.1, 0.15) is 12.2 Å². The van der Waals surface area contributed by atoms with Crippen LogP contribution in [0.1, 0.15) is 5.56 Å². The number of rotatable bonds is 3. The molecule has 0 aliphatic heterocycles. The number of fused-ring (bicyclic) bond motifs is 3. The van der Waals surface area contributed by atoms with Gasteiger partial charge in [-0.15, -0.1) is 0 Å². The average Bonchev–Trinajstić information content (AvgIpc) is 2.65. The second-order valence-electron chi connectivity index (χ2n) is 5.84. The van der Waals surface area contributed by atoms with E-state index in [1.807, 2.05) is 12.1 Å². The summed E-state index contributed by atoms with van der Waals surface area (Å²) in [6.07, 6.45) is 0. The summed E-state index contributed by atoms with van der Waals surface area (Å²) in [4.78, 5) is 11.8. The molecule has 0 amide bonds. The van der Waals surface area contributed by atoms with E-state index in [-0.39, 0.29) is 17.2 Å². The Bertz CT molecular complexity index is 1220. The van der Waals surface area contributed by atoms with Crippen molar-refractivity contribution in [2.75, 3.05) is 0 Å². The van der Waals surface area contributed by atoms with Crippen molar-refractivity contribution in [1.82, 2.24) is 0 Å². The first-order valence-corrected chi connectivity index (χ1v) is 7.86. The summed E-state index contributed by atoms with van der Waals surface area (Å²) in [6.45, 7) is -0.493. The van der Waals surface area contributed by atoms with Crippen molar-refractivity contribution < 1.29 is 26.7 Å². The van der Waals surface area contributed by atoms with Crippen LogP contribution in [0.5, 0.6) is 5.75 Å². The number of hydrogen-bond donors (Lipinski definition) is 0. The third kappa shape index (κ3) is 2.91. The minimum absolute atomic E-state index is 0.0948. The van der Waals surface area contributed by atoms with E-state index in [4.69, 9.17) is 9.15 Å². The summed E-state index contributed by atoms with van der Waals surface area (Å²) in [5.41, 5.74) is -0.171. The molecule has 27 heavy (non-hydrogen) atoms. The predicted molar refractivity (Wildman–Crippen MR) is 90.6 cm³/mol. The second-order valence-corrected chi connectivity index (χ2v) is 5.84. The molecule has 0 spiro atoms. The standard InChI is InChI=1S/C20H10F4O3/c21-13-8-14(22)19(24)20(18(13)23)26-9-11-7-16(25)27-15-6-5-10-3-1-2-4-12(10)17(11)15/h1-8H,9H2. The summed E-state index contributed by atoms with van der Waals surface area (Å²) < 4.78 is 64.5. The highest BCUT2D eigenvalue weighted by Gasteiger charge is 2.21. The Balaban J connectivity index is 1.86. The van der Waals surface area contributed by atoms with Crippen molar-refractivity contribution in [3.63, 3.8) is 0 Å². The summed E-state index contributed by atoms with van der Waals surface area (Å²) in [5, 5.41) is 2.07. The first kappa shape index (κ1) is 17.1. The molecule has 4 aromatic rings. The van der Waals surface area contributed by atoms with Crippen molar-refractivity contribution in [3.05, 3.63) is 87.8 Å². The average molecular weight is 374 g/mol. The molecule has 0 aliphatic rings. The highest BCUT2D eigenvalue weighted by atomic mass is 19.2. The lowest BCUT2D eigenvalue weighted by molar-refractivity contribution is 0.262. The third-order valence-electron chi connectivity index (χ3n) is 4.16. The molecule has 1 aromatic heterocycles. The maximum absolute atomic E-state index is 13.8. The highest BCUT2D eigenvalue weighted by molar-refractivity contribution is 6.06. The molecule has 0 atom stereocenters. The molecule has 4 rings (SSSR count). The third-order valence-corrected chi connectivity index (χ3v) is 4.16. The largest absolute Gasteiger partial charge is 0.483 e. The number of benzene rings is 3. The monoisotopic (exact) mass is 374 g/mol. The Kier molecular flexibility index (Phi) is 4.07. The van der Waals surface area contributed by atoms with E-state index in [2.05, 4.69) is 0 Å². The number of ether oxygens (including phenoxy) is 1. The van der Waals surface area contributed by atoms with Gasteiger partial charge in [0, 0.05) is 23.1 Å². The molecule has 3 aromatic carbocycles. The first-order valence-electron chi connectivity index (χ1n) is 7.86. The Morgan fingerprint density at radius 2 is 1.59 bits per heavy atom. The van der Waals surface area contributed by atoms with Gasteiger partial charge in [-0.2, -0.15) is 8.78 Å². The summed E-state index contributed by atoms with van der Waals surface area (Å²) in [5.74, 6) is -7.63. The lowest BCUT2D eigenvalue weighted by Gasteiger charge is -2.12. The van der Waals surface area contributed by atoms with Crippen molar-refractivity contribution in [3.8, 4) is 5.75 Å². The van der Waals surface area contributed by atoms with Crippen LogP contribution in [-0.4, -0.2) is 0 Å². The van der Waals surface area contributed by atoms with Crippen molar-refractivity contribution in [1.29, 1.82) is 0 Å². The minimum Gasteiger partial charge on any atom is -0.483 e. The van der Waals surface area contributed by atoms with Crippen LogP contribution >= 0.6 is 0 Å². The quantitative estimate of drug-likeness (QED) is 0.217. The lowest BCUT2D eigenvalue weighted by Crippen LogP contribution is -2.07. The topological polar surface area (TPSA) is 39.4 Å². The Morgan fingerprint density at radius 1 is 0.889 bits per heavy atom. The summed E-state index contributed by atoms with van der Waals surface area (Å²) >= 11 is 0. The van der Waals surface area contributed by atoms with E-state index in [9.17, 15) is 22.4 Å². The van der Waals surface area contributed by atoms with Gasteiger partial charge in [-0.1, -0.05) is 30.3 Å². The van der Waals surface area contributed by atoms with Gasteiger partial charge in [0.25, 0.3) is 0 Å². The van der Waals surface area contributed by atoms with E-state index in [1.54, 1.807) is 24.3 Å². The van der Waals surface area contributed by atoms with Crippen LogP contribution in [0.25, 0.3) is 21.7 Å². The van der Waals surface area contributed by atoms with Gasteiger partial charge in [-0.25, -0.2) is 13.6 Å². The molecule has 7 heteroatoms. The Labute approximate surface area is 149 Å². The molecular weight excluding hydrogens is 364 g/mol. The van der Waals surface area contributed by atoms with Crippen LogP contribution in [0, 0.1) is 23.3 Å². The fourth-order valence-corrected chi connectivity index (χ4v) is 2.96. The van der Waals surface area contributed by atoms with Crippen LogP contribution < -0.4 is 10.4 Å². The molecule has 0 N–H and O–H groups in total. The number of hydrogen-bond acceptors (Lipinski definition) is 3. The molecule has 0 radical (unpaired) electrons. The molecular formula is C20H10F4O3. The van der Waals surface area contributed by atoms with E-state index in [0.717, 1.165) is 16.8 Å². The first-order chi connectivity index (χ1) is 13.0. The summed E-state index contributed by atoms with van der Waals surface area (Å²) in [6, 6.07) is 11.8. The van der Waals surface area contributed by atoms with Crippen LogP contribution in [0.4, 0.5) is 17.6 Å². The van der Waals surface area contributed by atoms with Gasteiger partial charge >= 0.3 is 5.63 Å². The van der Waals surface area contributed by atoms with Crippen LogP contribution in [0.2, 0.25) is 0 Å². The molecule has 3 nitrogen and oxygen atoms in total. The normalized spacial score (nSPS) is 11.3. The van der Waals surface area contributed by atoms with E-state index in [1.165, 1.54) is 0 Å². The van der Waals surface area contributed by atoms with Crippen molar-refractivity contribution in [2.45, 2.75) is 6.61 Å². The second kappa shape index (κ2) is 6.42. The van der Waals surface area contributed by atoms with Crippen LogP contribution in [0.3, 0.4) is 0 Å². The molecule has 0 unspecified atom stereocenters. The Morgan fingerprint density at radius 3 is 2.33 bits per heavy atom. The molecule has 0 saturated carbocycles. The van der Waals surface area contributed by atoms with Gasteiger partial charge in [0.2, 0.25) is 11.6 Å². The molecule has 136 valence electrons. The lowest BCUT2D eigenvalue weighted by atomic mass is 10.0. The van der Waals surface area contributed by atoms with Crippen molar-refractivity contribution in [2.24, 2.45) is 0 Å². The van der Waals surface area contributed by atoms with E-state index < -0.39 is 41.3 Å². The minimum atomic E-state index is -1.65. The fourth-order valence-electron chi connectivity index (χ4n) is 2.96. The van der Waals surface area contributed by atoms with Gasteiger partial charge in [0.15, 0.2) is 17.4 Å². The van der Waals surface area contributed by atoms with Crippen LogP contribution in [-0.2, 0) is 6.61 Å². The van der Waals surface area contributed by atoms with Gasteiger partial charge < -0.3 is 9.15 Å². The van der Waals surface area contributed by atoms with Gasteiger partial charge in [0.05, 0.1) is 0 Å². The fraction of sp³-hybridized carbons (Fsp3) is 0.0500. The predicted octanol–water partition coefficient (Wildman–Crippen LogP) is 5.08. The van der Waals surface area contributed by atoms with E-state index >= 15 is 0 Å². The molecule has 0 bridgehead atoms. The smallest absolute Gasteiger partial charge is 0.336 e. The molecule has 0 aliphatic carbocycles. The zero-order chi connectivity index (χ0) is 19.1. The summed E-state index contributed by atoms with van der Waals surface area (Å²) in [7, 11) is 0. The number of halogens is 4. The molecule has 1 heterocycles. The molecule has 0 fully saturated rings. The zero-order valence-corrected chi connectivity index (χ0v) is 13.6. The maximum Gasteiger partial charge on any atom is 0.336 e. The van der Waals surface area contributed by atoms with E-state index in [0.29, 0.717) is 5.39 Å². The SMILES string of the molecule is O=c1cc(COc2c(F)c(F)cc(F)c2F)c2c(ccc3ccccc32)o1. The molecule has 0 saturated heterocycles. The van der Waals surface area contributed by atoms with Gasteiger partial charge in [-0.05, 0) is 16.8 Å². The van der Waals surface area contributed by atoms with Gasteiger partial charge in [-0.3, -0.25) is 0 Å². The highest BCUT2D eigenvalue weighted by Crippen LogP contribution is 2.30. The Hall–Kier alpha value is -3.35. The maximum atomic E-state index is 13.8. The van der Waals surface area contributed by atoms with Crippen LogP contribution in [0.15, 0.2) is 57.7 Å². The van der Waals surface area contributed by atoms with Crippen molar-refractivity contribution >= 4 is 21.7 Å². The zero-order valence-electron chi connectivity index (χ0n) is 13.6.